The first-order valence-electron chi connectivity index (χ1n) is 14.6. The molecular weight excluding hydrogens is 528 g/mol. The van der Waals surface area contributed by atoms with Crippen LogP contribution in [-0.4, -0.2) is 85.7 Å². The standard InChI is InChI=1S/C29H40N6O6/c1-28(2,3)40-25(37)21-10-9-20-22(32-13-14-33(19-8-7-18(19)32)27(38)41-29(4,5)6)24(36)35-26(34(20)21)30-23(31-35)17-11-15-39-16-12-17/h11,18-19,21H,7-10,12-16H2,1-6H3/t18-,19-,21?/m0/s1. The smallest absolute Gasteiger partial charge is 0.410 e. The Morgan fingerprint density at radius 2 is 1.71 bits per heavy atom. The highest BCUT2D eigenvalue weighted by Gasteiger charge is 2.48. The second kappa shape index (κ2) is 9.85. The highest BCUT2D eigenvalue weighted by Crippen LogP contribution is 2.40. The molecule has 0 bridgehead atoms. The lowest BCUT2D eigenvalue weighted by Gasteiger charge is -2.54. The van der Waals surface area contributed by atoms with E-state index in [0.717, 1.165) is 24.1 Å². The molecule has 5 heterocycles. The quantitative estimate of drug-likeness (QED) is 0.514. The van der Waals surface area contributed by atoms with Gasteiger partial charge in [-0.05, 0) is 79.2 Å². The van der Waals surface area contributed by atoms with E-state index in [1.807, 2.05) is 52.2 Å². The minimum Gasteiger partial charge on any atom is -0.458 e. The third-order valence-corrected chi connectivity index (χ3v) is 8.16. The Labute approximate surface area is 239 Å². The first kappa shape index (κ1) is 27.7. The molecule has 4 aliphatic rings. The van der Waals surface area contributed by atoms with E-state index in [4.69, 9.17) is 19.2 Å². The largest absolute Gasteiger partial charge is 0.458 e. The zero-order chi connectivity index (χ0) is 29.3. The molecule has 1 amide bonds. The third kappa shape index (κ3) is 5.00. The minimum absolute atomic E-state index is 0.0205. The van der Waals surface area contributed by atoms with Gasteiger partial charge in [0.1, 0.15) is 22.9 Å². The first-order chi connectivity index (χ1) is 19.3. The summed E-state index contributed by atoms with van der Waals surface area (Å²) in [5, 5.41) is 4.67. The van der Waals surface area contributed by atoms with Crippen LogP contribution in [0.3, 0.4) is 0 Å². The maximum atomic E-state index is 14.2. The van der Waals surface area contributed by atoms with E-state index < -0.39 is 17.2 Å². The van der Waals surface area contributed by atoms with Crippen LogP contribution in [0.4, 0.5) is 10.5 Å². The summed E-state index contributed by atoms with van der Waals surface area (Å²) in [6.07, 6.45) is 5.01. The van der Waals surface area contributed by atoms with E-state index in [1.54, 1.807) is 4.90 Å². The van der Waals surface area contributed by atoms with Crippen molar-refractivity contribution in [3.8, 4) is 0 Å². The zero-order valence-corrected chi connectivity index (χ0v) is 24.8. The van der Waals surface area contributed by atoms with Crippen LogP contribution in [0, 0.1) is 0 Å². The van der Waals surface area contributed by atoms with Crippen molar-refractivity contribution in [1.82, 2.24) is 24.1 Å². The van der Waals surface area contributed by atoms with E-state index in [-0.39, 0.29) is 29.7 Å². The molecule has 41 heavy (non-hydrogen) atoms. The maximum Gasteiger partial charge on any atom is 0.410 e. The molecule has 1 saturated carbocycles. The summed E-state index contributed by atoms with van der Waals surface area (Å²) >= 11 is 0. The average Bonchev–Trinajstić information content (AvgIpc) is 3.48. The summed E-state index contributed by atoms with van der Waals surface area (Å²) < 4.78 is 20.2. The molecule has 2 aromatic rings. The van der Waals surface area contributed by atoms with Crippen LogP contribution in [-0.2, 0) is 25.4 Å². The molecule has 1 saturated heterocycles. The summed E-state index contributed by atoms with van der Waals surface area (Å²) in [5.74, 6) is 0.476. The van der Waals surface area contributed by atoms with Gasteiger partial charge in [0.15, 0.2) is 5.82 Å². The van der Waals surface area contributed by atoms with Crippen LogP contribution < -0.4 is 10.5 Å². The highest BCUT2D eigenvalue weighted by molar-refractivity contribution is 5.77. The fourth-order valence-electron chi connectivity index (χ4n) is 6.34. The molecule has 0 radical (unpaired) electrons. The molecule has 2 fully saturated rings. The van der Waals surface area contributed by atoms with Crippen molar-refractivity contribution in [3.05, 3.63) is 27.9 Å². The summed E-state index contributed by atoms with van der Waals surface area (Å²) in [4.78, 5) is 49.4. The highest BCUT2D eigenvalue weighted by atomic mass is 16.6. The first-order valence-corrected chi connectivity index (χ1v) is 14.6. The van der Waals surface area contributed by atoms with Gasteiger partial charge in [-0.15, -0.1) is 5.10 Å². The number of esters is 1. The van der Waals surface area contributed by atoms with Crippen LogP contribution in [0.2, 0.25) is 0 Å². The lowest BCUT2D eigenvalue weighted by Crippen LogP contribution is -2.67. The molecule has 0 spiro atoms. The molecule has 0 N–H and O–H groups in total. The molecule has 1 unspecified atom stereocenters. The molecule has 2 aromatic heterocycles. The lowest BCUT2D eigenvalue weighted by atomic mass is 9.81. The van der Waals surface area contributed by atoms with Gasteiger partial charge in [0.25, 0.3) is 5.56 Å². The zero-order valence-electron chi connectivity index (χ0n) is 24.8. The van der Waals surface area contributed by atoms with E-state index in [2.05, 4.69) is 10.00 Å². The van der Waals surface area contributed by atoms with E-state index in [1.165, 1.54) is 4.52 Å². The summed E-state index contributed by atoms with van der Waals surface area (Å²) in [7, 11) is 0. The normalized spacial score (nSPS) is 24.4. The van der Waals surface area contributed by atoms with Crippen LogP contribution in [0.1, 0.15) is 84.8 Å². The molecule has 0 aromatic carbocycles. The van der Waals surface area contributed by atoms with Gasteiger partial charge in [0, 0.05) is 19.1 Å². The fraction of sp³-hybridized carbons (Fsp3) is 0.690. The predicted octanol–water partition coefficient (Wildman–Crippen LogP) is 3.11. The number of ether oxygens (including phenoxy) is 3. The Bertz CT molecular complexity index is 1480. The Hall–Kier alpha value is -3.41. The van der Waals surface area contributed by atoms with Crippen molar-refractivity contribution >= 4 is 29.1 Å². The number of hydrogen-bond donors (Lipinski definition) is 0. The van der Waals surface area contributed by atoms with Crippen molar-refractivity contribution in [2.45, 2.75) is 103 Å². The predicted molar refractivity (Wildman–Crippen MR) is 151 cm³/mol. The molecular formula is C29H40N6O6. The average molecular weight is 569 g/mol. The van der Waals surface area contributed by atoms with Crippen molar-refractivity contribution in [2.75, 3.05) is 31.2 Å². The van der Waals surface area contributed by atoms with Gasteiger partial charge < -0.3 is 24.0 Å². The molecule has 3 aliphatic heterocycles. The van der Waals surface area contributed by atoms with Crippen LogP contribution in [0.25, 0.3) is 11.4 Å². The molecule has 12 heteroatoms. The number of anilines is 1. The Balaban J connectivity index is 1.43. The number of carbonyl (C=O) groups is 2. The Kier molecular flexibility index (Phi) is 6.67. The van der Waals surface area contributed by atoms with E-state index in [9.17, 15) is 14.4 Å². The van der Waals surface area contributed by atoms with Crippen molar-refractivity contribution in [3.63, 3.8) is 0 Å². The lowest BCUT2D eigenvalue weighted by molar-refractivity contribution is -0.158. The SMILES string of the molecule is CC(C)(C)OC(=O)C1CCc2c(N3CCN(C(=O)OC(C)(C)C)[C@H]4CC[C@@H]43)c(=O)n3nc(C4=CCOCC4)nc3n21. The second-order valence-corrected chi connectivity index (χ2v) is 13.3. The van der Waals surface area contributed by atoms with Crippen molar-refractivity contribution in [2.24, 2.45) is 0 Å². The summed E-state index contributed by atoms with van der Waals surface area (Å²) in [6.45, 7) is 13.1. The third-order valence-electron chi connectivity index (χ3n) is 8.16. The van der Waals surface area contributed by atoms with Crippen molar-refractivity contribution < 1.29 is 23.8 Å². The van der Waals surface area contributed by atoms with Crippen LogP contribution in [0.5, 0.6) is 0 Å². The number of carbonyl (C=O) groups excluding carboxylic acids is 2. The monoisotopic (exact) mass is 568 g/mol. The Morgan fingerprint density at radius 3 is 2.34 bits per heavy atom. The van der Waals surface area contributed by atoms with Gasteiger partial charge in [-0.3, -0.25) is 9.36 Å². The van der Waals surface area contributed by atoms with Gasteiger partial charge in [0.2, 0.25) is 5.78 Å². The Morgan fingerprint density at radius 1 is 0.976 bits per heavy atom. The molecule has 1 aliphatic carbocycles. The summed E-state index contributed by atoms with van der Waals surface area (Å²) in [6, 6.07) is -0.684. The summed E-state index contributed by atoms with van der Waals surface area (Å²) in [5.41, 5.74) is 0.750. The van der Waals surface area contributed by atoms with Gasteiger partial charge in [-0.25, -0.2) is 9.59 Å². The van der Waals surface area contributed by atoms with Gasteiger partial charge in [0.05, 0.1) is 24.9 Å². The van der Waals surface area contributed by atoms with E-state index >= 15 is 0 Å². The van der Waals surface area contributed by atoms with Crippen LogP contribution >= 0.6 is 0 Å². The minimum atomic E-state index is -0.652. The topological polar surface area (TPSA) is 120 Å². The molecule has 6 rings (SSSR count). The number of nitrogens with zero attached hydrogens (tertiary/aromatic N) is 6. The molecule has 3 atom stereocenters. The molecule has 12 nitrogen and oxygen atoms in total. The van der Waals surface area contributed by atoms with Gasteiger partial charge in [-0.2, -0.15) is 9.50 Å². The van der Waals surface area contributed by atoms with Gasteiger partial charge in [-0.1, -0.05) is 6.08 Å². The van der Waals surface area contributed by atoms with Crippen LogP contribution in [0.15, 0.2) is 10.9 Å². The van der Waals surface area contributed by atoms with E-state index in [0.29, 0.717) is 62.9 Å². The fourth-order valence-corrected chi connectivity index (χ4v) is 6.34. The number of rotatable bonds is 3. The number of aromatic nitrogens is 4. The number of piperazine rings is 1. The second-order valence-electron chi connectivity index (χ2n) is 13.3. The van der Waals surface area contributed by atoms with Gasteiger partial charge >= 0.3 is 12.1 Å². The number of hydrogen-bond acceptors (Lipinski definition) is 9. The number of amides is 1. The maximum absolute atomic E-state index is 14.2. The number of fused-ring (bicyclic) bond motifs is 4. The van der Waals surface area contributed by atoms with Crippen molar-refractivity contribution in [1.29, 1.82) is 0 Å². The molecule has 222 valence electrons.